The van der Waals surface area contributed by atoms with Crippen LogP contribution in [-0.2, 0) is 4.79 Å². The molecule has 0 aromatic heterocycles. The average Bonchev–Trinajstić information content (AvgIpc) is 2.78. The first-order valence-electron chi connectivity index (χ1n) is 9.27. The van der Waals surface area contributed by atoms with Crippen LogP contribution < -0.4 is 20.1 Å². The number of benzene rings is 3. The predicted molar refractivity (Wildman–Crippen MR) is 118 cm³/mol. The van der Waals surface area contributed by atoms with Crippen molar-refractivity contribution in [3.8, 4) is 11.5 Å². The third kappa shape index (κ3) is 5.26. The second-order valence-corrected chi connectivity index (χ2v) is 6.30. The molecule has 0 atom stereocenters. The topological polar surface area (TPSA) is 76.7 Å². The van der Waals surface area contributed by atoms with E-state index < -0.39 is 0 Å². The van der Waals surface area contributed by atoms with Gasteiger partial charge in [0.15, 0.2) is 11.5 Å². The summed E-state index contributed by atoms with van der Waals surface area (Å²) in [7, 11) is 3.11. The molecule has 0 saturated carbocycles. The van der Waals surface area contributed by atoms with E-state index in [2.05, 4.69) is 10.6 Å². The first-order chi connectivity index (χ1) is 14.6. The summed E-state index contributed by atoms with van der Waals surface area (Å²) in [5.74, 6) is 0.520. The lowest BCUT2D eigenvalue weighted by Gasteiger charge is -2.10. The Bertz CT molecular complexity index is 1060. The van der Waals surface area contributed by atoms with Crippen LogP contribution in [0.25, 0.3) is 6.08 Å². The van der Waals surface area contributed by atoms with Gasteiger partial charge in [0.25, 0.3) is 5.91 Å². The highest BCUT2D eigenvalue weighted by atomic mass is 16.5. The van der Waals surface area contributed by atoms with Gasteiger partial charge in [-0.15, -0.1) is 0 Å². The number of ether oxygens (including phenoxy) is 2. The second kappa shape index (κ2) is 9.93. The fourth-order valence-corrected chi connectivity index (χ4v) is 2.81. The van der Waals surface area contributed by atoms with Crippen LogP contribution in [0.1, 0.15) is 15.9 Å². The smallest absolute Gasteiger partial charge is 0.257 e. The van der Waals surface area contributed by atoms with Crippen LogP contribution in [0, 0.1) is 0 Å². The lowest BCUT2D eigenvalue weighted by molar-refractivity contribution is -0.111. The zero-order chi connectivity index (χ0) is 21.3. The fraction of sp³-hybridized carbons (Fsp3) is 0.0833. The number of carbonyl (C=O) groups excluding carboxylic acids is 2. The van der Waals surface area contributed by atoms with Gasteiger partial charge in [0.2, 0.25) is 5.91 Å². The van der Waals surface area contributed by atoms with Crippen LogP contribution in [0.15, 0.2) is 78.9 Å². The number of anilines is 2. The highest BCUT2D eigenvalue weighted by molar-refractivity contribution is 6.11. The van der Waals surface area contributed by atoms with E-state index in [1.165, 1.54) is 6.08 Å². The molecule has 152 valence electrons. The number of rotatable bonds is 7. The monoisotopic (exact) mass is 402 g/mol. The van der Waals surface area contributed by atoms with Crippen LogP contribution in [0.2, 0.25) is 0 Å². The van der Waals surface area contributed by atoms with E-state index in [1.54, 1.807) is 68.8 Å². The normalized spacial score (nSPS) is 10.5. The Balaban J connectivity index is 1.71. The Hall–Kier alpha value is -4.06. The van der Waals surface area contributed by atoms with Gasteiger partial charge in [-0.05, 0) is 48.0 Å². The number of hydrogen-bond donors (Lipinski definition) is 2. The van der Waals surface area contributed by atoms with Gasteiger partial charge >= 0.3 is 0 Å². The number of hydrogen-bond acceptors (Lipinski definition) is 4. The molecule has 0 radical (unpaired) electrons. The molecule has 6 heteroatoms. The number of para-hydroxylation sites is 2. The number of carbonyl (C=O) groups is 2. The predicted octanol–water partition coefficient (Wildman–Crippen LogP) is 4.61. The van der Waals surface area contributed by atoms with E-state index in [1.807, 2.05) is 24.3 Å². The third-order valence-corrected chi connectivity index (χ3v) is 4.30. The molecule has 2 amide bonds. The summed E-state index contributed by atoms with van der Waals surface area (Å²) < 4.78 is 10.5. The molecule has 6 nitrogen and oxygen atoms in total. The van der Waals surface area contributed by atoms with E-state index in [4.69, 9.17) is 9.47 Å². The van der Waals surface area contributed by atoms with Crippen molar-refractivity contribution in [1.29, 1.82) is 0 Å². The standard InChI is InChI=1S/C24H22N2O4/c1-29-21-14-12-17(16-22(21)30-2)13-15-23(27)26-20-11-7-6-10-19(20)24(28)25-18-8-4-3-5-9-18/h3-16H,1-2H3,(H,25,28)(H,26,27)/b15-13+. The zero-order valence-electron chi connectivity index (χ0n) is 16.7. The maximum atomic E-state index is 12.6. The fourth-order valence-electron chi connectivity index (χ4n) is 2.81. The first kappa shape index (κ1) is 20.7. The molecule has 3 aromatic carbocycles. The van der Waals surface area contributed by atoms with Crippen molar-refractivity contribution in [2.45, 2.75) is 0 Å². The van der Waals surface area contributed by atoms with Gasteiger partial charge in [0, 0.05) is 11.8 Å². The highest BCUT2D eigenvalue weighted by Gasteiger charge is 2.12. The van der Waals surface area contributed by atoms with Gasteiger partial charge in [-0.2, -0.15) is 0 Å². The van der Waals surface area contributed by atoms with Gasteiger partial charge < -0.3 is 20.1 Å². The molecular weight excluding hydrogens is 380 g/mol. The van der Waals surface area contributed by atoms with E-state index in [0.717, 1.165) is 5.56 Å². The molecule has 2 N–H and O–H groups in total. The maximum absolute atomic E-state index is 12.6. The van der Waals surface area contributed by atoms with Gasteiger partial charge in [-0.25, -0.2) is 0 Å². The van der Waals surface area contributed by atoms with E-state index in [-0.39, 0.29) is 11.8 Å². The van der Waals surface area contributed by atoms with Crippen LogP contribution in [0.3, 0.4) is 0 Å². The Kier molecular flexibility index (Phi) is 6.84. The summed E-state index contributed by atoms with van der Waals surface area (Å²) in [4.78, 5) is 25.0. The third-order valence-electron chi connectivity index (χ3n) is 4.30. The molecule has 3 rings (SSSR count). The first-order valence-corrected chi connectivity index (χ1v) is 9.27. The lowest BCUT2D eigenvalue weighted by atomic mass is 10.1. The average molecular weight is 402 g/mol. The van der Waals surface area contributed by atoms with Crippen molar-refractivity contribution < 1.29 is 19.1 Å². The number of amides is 2. The van der Waals surface area contributed by atoms with Crippen molar-refractivity contribution in [3.05, 3.63) is 90.0 Å². The molecule has 0 aliphatic rings. The number of nitrogens with one attached hydrogen (secondary N) is 2. The molecule has 3 aromatic rings. The minimum atomic E-state index is -0.357. The van der Waals surface area contributed by atoms with Crippen molar-refractivity contribution in [1.82, 2.24) is 0 Å². The summed E-state index contributed by atoms with van der Waals surface area (Å²) in [6.07, 6.45) is 3.05. The maximum Gasteiger partial charge on any atom is 0.257 e. The molecule has 0 aliphatic carbocycles. The number of methoxy groups -OCH3 is 2. The summed E-state index contributed by atoms with van der Waals surface area (Å²) in [5.41, 5.74) is 2.25. The van der Waals surface area contributed by atoms with E-state index in [9.17, 15) is 9.59 Å². The Labute approximate surface area is 175 Å². The van der Waals surface area contributed by atoms with Gasteiger partial charge in [0.1, 0.15) is 0 Å². The van der Waals surface area contributed by atoms with Gasteiger partial charge in [0.05, 0.1) is 25.5 Å². The molecule has 0 spiro atoms. The Morgan fingerprint density at radius 2 is 1.50 bits per heavy atom. The van der Waals surface area contributed by atoms with Crippen molar-refractivity contribution in [2.75, 3.05) is 24.9 Å². The Morgan fingerprint density at radius 1 is 0.800 bits per heavy atom. The molecule has 0 heterocycles. The second-order valence-electron chi connectivity index (χ2n) is 6.30. The van der Waals surface area contributed by atoms with Gasteiger partial charge in [-0.3, -0.25) is 9.59 Å². The van der Waals surface area contributed by atoms with Crippen LogP contribution >= 0.6 is 0 Å². The van der Waals surface area contributed by atoms with Crippen LogP contribution in [0.4, 0.5) is 11.4 Å². The SMILES string of the molecule is COc1ccc(/C=C/C(=O)Nc2ccccc2C(=O)Nc2ccccc2)cc1OC. The quantitative estimate of drug-likeness (QED) is 0.566. The van der Waals surface area contributed by atoms with Crippen molar-refractivity contribution >= 4 is 29.3 Å². The molecular formula is C24H22N2O4. The minimum absolute atomic E-state index is 0.305. The lowest BCUT2D eigenvalue weighted by Crippen LogP contribution is -2.16. The summed E-state index contributed by atoms with van der Waals surface area (Å²) in [5, 5.41) is 5.58. The van der Waals surface area contributed by atoms with Gasteiger partial charge in [-0.1, -0.05) is 36.4 Å². The molecule has 0 fully saturated rings. The van der Waals surface area contributed by atoms with Crippen molar-refractivity contribution in [3.63, 3.8) is 0 Å². The summed E-state index contributed by atoms with van der Waals surface area (Å²) in [6.45, 7) is 0. The molecule has 0 saturated heterocycles. The molecule has 0 unspecified atom stereocenters. The highest BCUT2D eigenvalue weighted by Crippen LogP contribution is 2.28. The molecule has 30 heavy (non-hydrogen) atoms. The van der Waals surface area contributed by atoms with E-state index >= 15 is 0 Å². The van der Waals surface area contributed by atoms with Crippen LogP contribution in [0.5, 0.6) is 11.5 Å². The van der Waals surface area contributed by atoms with Crippen LogP contribution in [-0.4, -0.2) is 26.0 Å². The van der Waals surface area contributed by atoms with E-state index in [0.29, 0.717) is 28.4 Å². The summed E-state index contributed by atoms with van der Waals surface area (Å²) in [6, 6.07) is 21.3. The Morgan fingerprint density at radius 3 is 2.23 bits per heavy atom. The summed E-state index contributed by atoms with van der Waals surface area (Å²) >= 11 is 0. The molecule has 0 bridgehead atoms. The zero-order valence-corrected chi connectivity index (χ0v) is 16.7. The molecule has 0 aliphatic heterocycles. The minimum Gasteiger partial charge on any atom is -0.493 e. The van der Waals surface area contributed by atoms with Crippen molar-refractivity contribution in [2.24, 2.45) is 0 Å². The largest absolute Gasteiger partial charge is 0.493 e.